The van der Waals surface area contributed by atoms with Gasteiger partial charge in [-0.15, -0.1) is 0 Å². The lowest BCUT2D eigenvalue weighted by Gasteiger charge is -2.19. The first-order valence-electron chi connectivity index (χ1n) is 23.8. The molecule has 0 atom stereocenters. The van der Waals surface area contributed by atoms with E-state index in [4.69, 9.17) is 15.0 Å². The predicted molar refractivity (Wildman–Crippen MR) is 280 cm³/mol. The van der Waals surface area contributed by atoms with Crippen molar-refractivity contribution in [2.45, 2.75) is 44.7 Å². The number of rotatable bonds is 15. The lowest BCUT2D eigenvalue weighted by atomic mass is 9.86. The van der Waals surface area contributed by atoms with E-state index < -0.39 is 12.6 Å². The smallest absolute Gasteiger partial charge is 0.256 e. The standard InChI is InChI=1S/C64H50F3N3/c65-64(66,67)36-35-45-25-32-57(59(40-45)60-44-70-63(55-19-11-4-12-20-55)41-58(60)52-30-28-51(29-31-52)50-13-5-1-6-14-50)56-38-48(23-21-46-26-33-61(68-42-46)53-15-7-2-8-16-53)37-49(39-56)24-22-47-27-34-62(69-43-47)54-17-9-3-10-18-54/h1-20,25-34,37-44H,21-24,35-36H2. The number of alkyl halides is 3. The van der Waals surface area contributed by atoms with Gasteiger partial charge in [0, 0.05) is 47.3 Å². The molecule has 10 rings (SSSR count). The van der Waals surface area contributed by atoms with Gasteiger partial charge in [-0.1, -0.05) is 194 Å². The fraction of sp³-hybridized carbons (Fsp3) is 0.109. The third-order valence-electron chi connectivity index (χ3n) is 12.9. The highest BCUT2D eigenvalue weighted by Crippen LogP contribution is 2.42. The Morgan fingerprint density at radius 3 is 1.21 bits per heavy atom. The molecule has 0 aliphatic rings. The summed E-state index contributed by atoms with van der Waals surface area (Å²) in [6.45, 7) is 0. The van der Waals surface area contributed by atoms with E-state index in [2.05, 4.69) is 109 Å². The van der Waals surface area contributed by atoms with Crippen LogP contribution in [0.5, 0.6) is 0 Å². The molecule has 7 aromatic carbocycles. The SMILES string of the molecule is FC(F)(F)CCc1ccc(-c2cc(CCc3ccc(-c4ccccc4)nc3)cc(CCc3ccc(-c4ccccc4)nc3)c2)c(-c2cnc(-c3ccccc3)cc2-c2ccc(-c3ccccc3)cc2)c1. The fourth-order valence-electron chi connectivity index (χ4n) is 9.14. The summed E-state index contributed by atoms with van der Waals surface area (Å²) in [7, 11) is 0. The van der Waals surface area contributed by atoms with Crippen LogP contribution in [0.25, 0.3) is 78.3 Å². The Kier molecular flexibility index (Phi) is 13.6. The van der Waals surface area contributed by atoms with Crippen LogP contribution in [-0.2, 0) is 32.1 Å². The number of aryl methyl sites for hydroxylation is 5. The highest BCUT2D eigenvalue weighted by atomic mass is 19.4. The van der Waals surface area contributed by atoms with Crippen molar-refractivity contribution >= 4 is 0 Å². The summed E-state index contributed by atoms with van der Waals surface area (Å²) in [6.07, 6.45) is 3.62. The minimum absolute atomic E-state index is 0.132. The molecule has 0 fully saturated rings. The van der Waals surface area contributed by atoms with E-state index in [1.807, 2.05) is 122 Å². The molecule has 0 N–H and O–H groups in total. The monoisotopic (exact) mass is 917 g/mol. The van der Waals surface area contributed by atoms with Gasteiger partial charge in [0.1, 0.15) is 0 Å². The highest BCUT2D eigenvalue weighted by Gasteiger charge is 2.27. The molecule has 3 heterocycles. The molecular weight excluding hydrogens is 868 g/mol. The number of aromatic nitrogens is 3. The first kappa shape index (κ1) is 45.6. The molecular formula is C64H50F3N3. The summed E-state index contributed by atoms with van der Waals surface area (Å²) in [5.41, 5.74) is 18.8. The molecule has 0 spiro atoms. The third kappa shape index (κ3) is 11.2. The molecule has 10 aromatic rings. The van der Waals surface area contributed by atoms with Crippen LogP contribution in [0.4, 0.5) is 13.2 Å². The molecule has 70 heavy (non-hydrogen) atoms. The van der Waals surface area contributed by atoms with Crippen molar-refractivity contribution in [1.82, 2.24) is 15.0 Å². The van der Waals surface area contributed by atoms with E-state index in [-0.39, 0.29) is 6.42 Å². The zero-order chi connectivity index (χ0) is 47.7. The maximum absolute atomic E-state index is 13.8. The summed E-state index contributed by atoms with van der Waals surface area (Å²) >= 11 is 0. The zero-order valence-electron chi connectivity index (χ0n) is 38.7. The first-order chi connectivity index (χ1) is 34.3. The van der Waals surface area contributed by atoms with Crippen LogP contribution in [0.3, 0.4) is 0 Å². The Hall–Kier alpha value is -8.22. The van der Waals surface area contributed by atoms with Crippen LogP contribution in [0, 0.1) is 0 Å². The van der Waals surface area contributed by atoms with Gasteiger partial charge in [-0.05, 0) is 117 Å². The Morgan fingerprint density at radius 2 is 0.714 bits per heavy atom. The average molecular weight is 918 g/mol. The molecule has 0 aliphatic carbocycles. The maximum Gasteiger partial charge on any atom is 0.389 e. The molecule has 0 bridgehead atoms. The molecule has 6 heteroatoms. The number of halogens is 3. The van der Waals surface area contributed by atoms with Gasteiger partial charge in [-0.25, -0.2) is 0 Å². The number of hydrogen-bond acceptors (Lipinski definition) is 3. The number of hydrogen-bond donors (Lipinski definition) is 0. The Bertz CT molecular complexity index is 3200. The lowest BCUT2D eigenvalue weighted by molar-refractivity contribution is -0.134. The van der Waals surface area contributed by atoms with Gasteiger partial charge in [-0.3, -0.25) is 15.0 Å². The minimum atomic E-state index is -4.29. The van der Waals surface area contributed by atoms with Crippen LogP contribution in [-0.4, -0.2) is 21.1 Å². The maximum atomic E-state index is 13.8. The van der Waals surface area contributed by atoms with E-state index in [1.54, 1.807) is 0 Å². The quantitative estimate of drug-likeness (QED) is 0.103. The van der Waals surface area contributed by atoms with E-state index in [9.17, 15) is 13.2 Å². The van der Waals surface area contributed by atoms with Gasteiger partial charge in [0.15, 0.2) is 0 Å². The van der Waals surface area contributed by atoms with Crippen LogP contribution < -0.4 is 0 Å². The lowest BCUT2D eigenvalue weighted by Crippen LogP contribution is -2.08. The predicted octanol–water partition coefficient (Wildman–Crippen LogP) is 16.6. The van der Waals surface area contributed by atoms with Crippen LogP contribution in [0.1, 0.15) is 34.2 Å². The summed E-state index contributed by atoms with van der Waals surface area (Å²) in [5, 5.41) is 0. The normalized spacial score (nSPS) is 11.4. The second-order valence-electron chi connectivity index (χ2n) is 17.8. The van der Waals surface area contributed by atoms with Crippen molar-refractivity contribution in [1.29, 1.82) is 0 Å². The van der Waals surface area contributed by atoms with Crippen LogP contribution in [0.2, 0.25) is 0 Å². The van der Waals surface area contributed by atoms with E-state index in [0.29, 0.717) is 5.56 Å². The van der Waals surface area contributed by atoms with Gasteiger partial charge in [0.2, 0.25) is 0 Å². The Labute approximate surface area is 408 Å². The largest absolute Gasteiger partial charge is 0.389 e. The summed E-state index contributed by atoms with van der Waals surface area (Å²) < 4.78 is 41.4. The molecule has 3 nitrogen and oxygen atoms in total. The van der Waals surface area contributed by atoms with Gasteiger partial charge in [-0.2, -0.15) is 13.2 Å². The van der Waals surface area contributed by atoms with Crippen molar-refractivity contribution < 1.29 is 13.2 Å². The fourth-order valence-corrected chi connectivity index (χ4v) is 9.14. The molecule has 342 valence electrons. The number of benzene rings is 7. The van der Waals surface area contributed by atoms with Gasteiger partial charge in [0.25, 0.3) is 0 Å². The van der Waals surface area contributed by atoms with Crippen molar-refractivity contribution in [2.24, 2.45) is 0 Å². The molecule has 0 saturated heterocycles. The molecule has 0 amide bonds. The van der Waals surface area contributed by atoms with Gasteiger partial charge < -0.3 is 0 Å². The van der Waals surface area contributed by atoms with Crippen LogP contribution in [0.15, 0.2) is 231 Å². The summed E-state index contributed by atoms with van der Waals surface area (Å²) in [5.74, 6) is 0. The van der Waals surface area contributed by atoms with Crippen molar-refractivity contribution in [2.75, 3.05) is 0 Å². The van der Waals surface area contributed by atoms with E-state index >= 15 is 0 Å². The molecule has 3 aromatic heterocycles. The second kappa shape index (κ2) is 21.0. The third-order valence-corrected chi connectivity index (χ3v) is 12.9. The molecule has 0 saturated carbocycles. The average Bonchev–Trinajstić information content (AvgIpc) is 3.42. The molecule has 0 unspecified atom stereocenters. The summed E-state index contributed by atoms with van der Waals surface area (Å²) in [6, 6.07) is 72.4. The van der Waals surface area contributed by atoms with Crippen molar-refractivity contribution in [3.05, 3.63) is 259 Å². The number of pyridine rings is 3. The van der Waals surface area contributed by atoms with Crippen molar-refractivity contribution in [3.8, 4) is 78.3 Å². The van der Waals surface area contributed by atoms with Gasteiger partial charge >= 0.3 is 6.18 Å². The minimum Gasteiger partial charge on any atom is -0.256 e. The first-order valence-corrected chi connectivity index (χ1v) is 23.8. The Balaban J connectivity index is 1.06. The number of nitrogens with zero attached hydrogens (tertiary/aromatic N) is 3. The highest BCUT2D eigenvalue weighted by molar-refractivity contribution is 5.93. The molecule has 0 radical (unpaired) electrons. The summed E-state index contributed by atoms with van der Waals surface area (Å²) in [4.78, 5) is 14.7. The zero-order valence-corrected chi connectivity index (χ0v) is 38.7. The Morgan fingerprint density at radius 1 is 0.271 bits per heavy atom. The van der Waals surface area contributed by atoms with E-state index in [0.717, 1.165) is 115 Å². The van der Waals surface area contributed by atoms with E-state index in [1.165, 1.54) is 11.1 Å². The van der Waals surface area contributed by atoms with Crippen molar-refractivity contribution in [3.63, 3.8) is 0 Å². The topological polar surface area (TPSA) is 38.7 Å². The second-order valence-corrected chi connectivity index (χ2v) is 17.8. The van der Waals surface area contributed by atoms with Gasteiger partial charge in [0.05, 0.1) is 17.1 Å². The van der Waals surface area contributed by atoms with Crippen LogP contribution >= 0.6 is 0 Å². The molecule has 0 aliphatic heterocycles.